The molecule has 0 aromatic heterocycles. The first-order valence-corrected chi connectivity index (χ1v) is 10.6. The molecule has 2 N–H and O–H groups in total. The lowest BCUT2D eigenvalue weighted by atomic mass is 9.99. The standard InChI is InChI=1S/C23H31N3OS/c1-4-27-22-13-9-20(10-14-22)25-23(28)24-18(3)19-7-11-21(12-8-19)26-15-5-6-17(2)16-26/h7-14,17-18H,4-6,15-16H2,1-3H3,(H2,24,25,28)/t17-,18-/m0/s1. The molecule has 2 aromatic rings. The van der Waals surface area contributed by atoms with Crippen molar-refractivity contribution in [3.63, 3.8) is 0 Å². The molecule has 150 valence electrons. The molecule has 1 aliphatic heterocycles. The van der Waals surface area contributed by atoms with Gasteiger partial charge in [-0.1, -0.05) is 19.1 Å². The Labute approximate surface area is 174 Å². The van der Waals surface area contributed by atoms with E-state index in [9.17, 15) is 0 Å². The number of thiocarbonyl (C=S) groups is 1. The zero-order valence-electron chi connectivity index (χ0n) is 17.1. The number of ether oxygens (including phenoxy) is 1. The molecule has 0 saturated carbocycles. The average molecular weight is 398 g/mol. The maximum Gasteiger partial charge on any atom is 0.171 e. The molecule has 0 spiro atoms. The summed E-state index contributed by atoms with van der Waals surface area (Å²) in [7, 11) is 0. The fourth-order valence-corrected chi connectivity index (χ4v) is 3.94. The van der Waals surface area contributed by atoms with Gasteiger partial charge in [0.05, 0.1) is 12.6 Å². The summed E-state index contributed by atoms with van der Waals surface area (Å²) in [6.45, 7) is 9.43. The fraction of sp³-hybridized carbons (Fsp3) is 0.435. The zero-order chi connectivity index (χ0) is 19.9. The van der Waals surface area contributed by atoms with Crippen molar-refractivity contribution in [1.82, 2.24) is 5.32 Å². The van der Waals surface area contributed by atoms with Gasteiger partial charge in [-0.2, -0.15) is 0 Å². The van der Waals surface area contributed by atoms with Crippen LogP contribution in [0.25, 0.3) is 0 Å². The predicted octanol–water partition coefficient (Wildman–Crippen LogP) is 5.37. The van der Waals surface area contributed by atoms with Crippen LogP contribution in [0.5, 0.6) is 5.75 Å². The molecule has 0 amide bonds. The van der Waals surface area contributed by atoms with Gasteiger partial charge in [-0.3, -0.25) is 0 Å². The minimum atomic E-state index is 0.136. The SMILES string of the molecule is CCOc1ccc(NC(=S)N[C@@H](C)c2ccc(N3CCC[C@H](C)C3)cc2)cc1. The summed E-state index contributed by atoms with van der Waals surface area (Å²) in [4.78, 5) is 2.49. The Hall–Kier alpha value is -2.27. The Bertz CT molecular complexity index is 760. The van der Waals surface area contributed by atoms with E-state index in [-0.39, 0.29) is 6.04 Å². The van der Waals surface area contributed by atoms with Crippen LogP contribution < -0.4 is 20.3 Å². The van der Waals surface area contributed by atoms with Crippen molar-refractivity contribution in [2.75, 3.05) is 29.9 Å². The van der Waals surface area contributed by atoms with Crippen LogP contribution in [0.4, 0.5) is 11.4 Å². The molecule has 0 unspecified atom stereocenters. The van der Waals surface area contributed by atoms with E-state index in [1.807, 2.05) is 31.2 Å². The van der Waals surface area contributed by atoms with Crippen molar-refractivity contribution in [2.24, 2.45) is 5.92 Å². The van der Waals surface area contributed by atoms with E-state index in [2.05, 4.69) is 53.6 Å². The topological polar surface area (TPSA) is 36.5 Å². The number of rotatable bonds is 6. The monoisotopic (exact) mass is 397 g/mol. The van der Waals surface area contributed by atoms with Crippen molar-refractivity contribution >= 4 is 28.7 Å². The molecule has 1 heterocycles. The second kappa shape index (κ2) is 9.78. The minimum absolute atomic E-state index is 0.136. The molecular formula is C23H31N3OS. The number of hydrogen-bond donors (Lipinski definition) is 2. The first kappa shape index (κ1) is 20.5. The quantitative estimate of drug-likeness (QED) is 0.641. The molecule has 1 aliphatic rings. The number of nitrogens with zero attached hydrogens (tertiary/aromatic N) is 1. The van der Waals surface area contributed by atoms with E-state index >= 15 is 0 Å². The molecule has 0 radical (unpaired) electrons. The summed E-state index contributed by atoms with van der Waals surface area (Å²) in [5.41, 5.74) is 3.49. The first-order valence-electron chi connectivity index (χ1n) is 10.2. The van der Waals surface area contributed by atoms with E-state index in [4.69, 9.17) is 17.0 Å². The van der Waals surface area contributed by atoms with Crippen LogP contribution in [0, 0.1) is 5.92 Å². The van der Waals surface area contributed by atoms with Crippen LogP contribution in [-0.2, 0) is 0 Å². The smallest absolute Gasteiger partial charge is 0.171 e. The summed E-state index contributed by atoms with van der Waals surface area (Å²) in [5, 5.41) is 7.22. The number of hydrogen-bond acceptors (Lipinski definition) is 3. The first-order chi connectivity index (χ1) is 13.5. The largest absolute Gasteiger partial charge is 0.494 e. The van der Waals surface area contributed by atoms with Crippen LogP contribution >= 0.6 is 12.2 Å². The second-order valence-electron chi connectivity index (χ2n) is 7.56. The fourth-order valence-electron chi connectivity index (χ4n) is 3.65. The summed E-state index contributed by atoms with van der Waals surface area (Å²) >= 11 is 5.48. The lowest BCUT2D eigenvalue weighted by molar-refractivity contribution is 0.340. The van der Waals surface area contributed by atoms with E-state index in [0.717, 1.165) is 30.4 Å². The minimum Gasteiger partial charge on any atom is -0.494 e. The molecule has 0 aliphatic carbocycles. The molecule has 4 nitrogen and oxygen atoms in total. The van der Waals surface area contributed by atoms with Gasteiger partial charge in [0.15, 0.2) is 5.11 Å². The Morgan fingerprint density at radius 2 is 1.89 bits per heavy atom. The van der Waals surface area contributed by atoms with Crippen LogP contribution in [0.1, 0.15) is 45.2 Å². The van der Waals surface area contributed by atoms with Gasteiger partial charge in [-0.05, 0) is 86.8 Å². The highest BCUT2D eigenvalue weighted by Gasteiger charge is 2.17. The average Bonchev–Trinajstić information content (AvgIpc) is 2.70. The Balaban J connectivity index is 1.53. The van der Waals surface area contributed by atoms with Gasteiger partial charge in [0.1, 0.15) is 5.75 Å². The van der Waals surface area contributed by atoms with Crippen molar-refractivity contribution in [3.8, 4) is 5.75 Å². The van der Waals surface area contributed by atoms with Gasteiger partial charge >= 0.3 is 0 Å². The summed E-state index contributed by atoms with van der Waals surface area (Å²) in [6.07, 6.45) is 2.63. The van der Waals surface area contributed by atoms with Crippen LogP contribution in [-0.4, -0.2) is 24.8 Å². The zero-order valence-corrected chi connectivity index (χ0v) is 17.9. The van der Waals surface area contributed by atoms with Crippen molar-refractivity contribution in [1.29, 1.82) is 0 Å². The van der Waals surface area contributed by atoms with E-state index in [1.54, 1.807) is 0 Å². The maximum atomic E-state index is 5.48. The van der Waals surface area contributed by atoms with E-state index in [1.165, 1.54) is 24.1 Å². The van der Waals surface area contributed by atoms with Crippen molar-refractivity contribution < 1.29 is 4.74 Å². The van der Waals surface area contributed by atoms with Crippen LogP contribution in [0.15, 0.2) is 48.5 Å². The van der Waals surface area contributed by atoms with Crippen LogP contribution in [0.3, 0.4) is 0 Å². The highest BCUT2D eigenvalue weighted by molar-refractivity contribution is 7.80. The predicted molar refractivity (Wildman–Crippen MR) is 122 cm³/mol. The molecule has 0 bridgehead atoms. The third kappa shape index (κ3) is 5.61. The van der Waals surface area contributed by atoms with Crippen molar-refractivity contribution in [3.05, 3.63) is 54.1 Å². The molecule has 28 heavy (non-hydrogen) atoms. The molecule has 5 heteroatoms. The Morgan fingerprint density at radius 1 is 1.18 bits per heavy atom. The van der Waals surface area contributed by atoms with Gasteiger partial charge in [-0.15, -0.1) is 0 Å². The number of nitrogens with one attached hydrogen (secondary N) is 2. The third-order valence-electron chi connectivity index (χ3n) is 5.19. The third-order valence-corrected chi connectivity index (χ3v) is 5.41. The molecule has 2 atom stereocenters. The maximum absolute atomic E-state index is 5.48. The van der Waals surface area contributed by atoms with E-state index < -0.39 is 0 Å². The second-order valence-corrected chi connectivity index (χ2v) is 7.97. The molecule has 1 saturated heterocycles. The van der Waals surface area contributed by atoms with Crippen LogP contribution in [0.2, 0.25) is 0 Å². The van der Waals surface area contributed by atoms with Gasteiger partial charge in [0.2, 0.25) is 0 Å². The van der Waals surface area contributed by atoms with Gasteiger partial charge in [-0.25, -0.2) is 0 Å². The van der Waals surface area contributed by atoms with Gasteiger partial charge in [0.25, 0.3) is 0 Å². The molecule has 2 aromatic carbocycles. The number of piperidine rings is 1. The Kier molecular flexibility index (Phi) is 7.15. The van der Waals surface area contributed by atoms with Gasteiger partial charge in [0, 0.05) is 24.5 Å². The lowest BCUT2D eigenvalue weighted by Crippen LogP contribution is -2.34. The number of benzene rings is 2. The van der Waals surface area contributed by atoms with E-state index in [0.29, 0.717) is 11.7 Å². The Morgan fingerprint density at radius 3 is 2.54 bits per heavy atom. The lowest BCUT2D eigenvalue weighted by Gasteiger charge is -2.33. The highest BCUT2D eigenvalue weighted by atomic mass is 32.1. The molecule has 1 fully saturated rings. The normalized spacial score (nSPS) is 17.7. The van der Waals surface area contributed by atoms with Crippen molar-refractivity contribution in [2.45, 2.75) is 39.7 Å². The summed E-state index contributed by atoms with van der Waals surface area (Å²) in [6, 6.07) is 16.8. The highest BCUT2D eigenvalue weighted by Crippen LogP contribution is 2.24. The molecular weight excluding hydrogens is 366 g/mol. The number of anilines is 2. The van der Waals surface area contributed by atoms with Gasteiger partial charge < -0.3 is 20.3 Å². The summed E-state index contributed by atoms with van der Waals surface area (Å²) in [5.74, 6) is 1.64. The molecule has 3 rings (SSSR count). The summed E-state index contributed by atoms with van der Waals surface area (Å²) < 4.78 is 5.47.